The second kappa shape index (κ2) is 10.0. The molecule has 4 heteroatoms. The summed E-state index contributed by atoms with van der Waals surface area (Å²) in [4.78, 5) is 0. The zero-order valence-corrected chi connectivity index (χ0v) is 31.1. The van der Waals surface area contributed by atoms with E-state index in [2.05, 4.69) is 183 Å². The number of benzene rings is 6. The quantitative estimate of drug-likeness (QED) is 0.161. The van der Waals surface area contributed by atoms with Crippen molar-refractivity contribution < 1.29 is 17.4 Å². The van der Waals surface area contributed by atoms with E-state index in [4.69, 9.17) is 0 Å². The summed E-state index contributed by atoms with van der Waals surface area (Å²) >= 11 is -4.05. The number of aromatic nitrogens is 2. The van der Waals surface area contributed by atoms with E-state index in [9.17, 15) is 0 Å². The number of fused-ring (bicyclic) bond motifs is 10. The summed E-state index contributed by atoms with van der Waals surface area (Å²) in [6, 6.07) is 59.0. The van der Waals surface area contributed by atoms with Crippen LogP contribution in [-0.2, 0) is 17.4 Å². The van der Waals surface area contributed by atoms with Crippen LogP contribution in [0.25, 0.3) is 55.7 Å². The van der Waals surface area contributed by atoms with Gasteiger partial charge in [0.05, 0.1) is 0 Å². The van der Waals surface area contributed by atoms with Crippen LogP contribution in [0.1, 0.15) is 29.5 Å². The van der Waals surface area contributed by atoms with Crippen LogP contribution in [-0.4, -0.2) is 16.0 Å². The van der Waals surface area contributed by atoms with Crippen LogP contribution in [0.4, 0.5) is 0 Å². The maximum atomic E-state index is 2.77. The van der Waals surface area contributed by atoms with E-state index in [1.807, 2.05) is 0 Å². The molecule has 2 aliphatic carbocycles. The third kappa shape index (κ3) is 3.71. The molecule has 8 aromatic rings. The number of hydrogen-bond acceptors (Lipinski definition) is 0. The van der Waals surface area contributed by atoms with Crippen molar-refractivity contribution in [3.63, 3.8) is 0 Å². The monoisotopic (exact) mass is 710 g/mol. The molecule has 2 heterocycles. The molecule has 0 amide bonds. The molecule has 48 heavy (non-hydrogen) atoms. The molecule has 0 bridgehead atoms. The van der Waals surface area contributed by atoms with Gasteiger partial charge < -0.3 is 0 Å². The van der Waals surface area contributed by atoms with E-state index in [-0.39, 0.29) is 0 Å². The zero-order chi connectivity index (χ0) is 32.2. The summed E-state index contributed by atoms with van der Waals surface area (Å²) in [7, 11) is 0. The zero-order valence-electron chi connectivity index (χ0n) is 27.3. The molecule has 0 aliphatic heterocycles. The predicted octanol–water partition coefficient (Wildman–Crippen LogP) is 10.7. The van der Waals surface area contributed by atoms with Crippen molar-refractivity contribution in [2.24, 2.45) is 0 Å². The van der Waals surface area contributed by atoms with Crippen LogP contribution in [0, 0.1) is 0 Å². The first kappa shape index (κ1) is 28.5. The van der Waals surface area contributed by atoms with Gasteiger partial charge in [0.2, 0.25) is 0 Å². The summed E-state index contributed by atoms with van der Waals surface area (Å²) in [6.07, 6.45) is 0. The van der Waals surface area contributed by atoms with Gasteiger partial charge in [-0.2, -0.15) is 0 Å². The molecule has 0 saturated heterocycles. The topological polar surface area (TPSA) is 9.86 Å². The first-order valence-corrected chi connectivity index (χ1v) is 30.7. The molecule has 230 valence electrons. The van der Waals surface area contributed by atoms with Crippen LogP contribution in [0.15, 0.2) is 158 Å². The fraction of sp³-hybridized carbons (Fsp3) is 0.0909. The van der Waals surface area contributed by atoms with Gasteiger partial charge in [-0.15, -0.1) is 0 Å². The van der Waals surface area contributed by atoms with Gasteiger partial charge in [-0.3, -0.25) is 0 Å². The Balaban J connectivity index is 1.32. The van der Waals surface area contributed by atoms with Gasteiger partial charge in [-0.1, -0.05) is 0 Å². The van der Waals surface area contributed by atoms with Gasteiger partial charge in [0.15, 0.2) is 0 Å². The number of para-hydroxylation sites is 4. The Morgan fingerprint density at radius 2 is 0.792 bits per heavy atom. The van der Waals surface area contributed by atoms with E-state index in [0.29, 0.717) is 7.25 Å². The van der Waals surface area contributed by atoms with E-state index in [1.54, 1.807) is 11.1 Å². The molecule has 2 aliphatic rings. The average Bonchev–Trinajstić information content (AvgIpc) is 3.84. The maximum absolute atomic E-state index is 4.05. The number of hydrogen-bond donors (Lipinski definition) is 0. The molecule has 6 aromatic carbocycles. The molecular formula is C44H36N2SiZr. The molecule has 0 spiro atoms. The van der Waals surface area contributed by atoms with Crippen LogP contribution < -0.4 is 0 Å². The first-order valence-electron chi connectivity index (χ1n) is 17.1. The Kier molecular flexibility index (Phi) is 5.95. The number of nitrogens with zero attached hydrogens (tertiary/aromatic N) is 2. The third-order valence-corrected chi connectivity index (χ3v) is 28.5. The molecule has 0 N–H and O–H groups in total. The Bertz CT molecular complexity index is 2480. The van der Waals surface area contributed by atoms with Crippen molar-refractivity contribution in [1.82, 2.24) is 9.13 Å². The Labute approximate surface area is 283 Å². The predicted molar refractivity (Wildman–Crippen MR) is 201 cm³/mol. The molecule has 0 radical (unpaired) electrons. The molecule has 2 nitrogen and oxygen atoms in total. The third-order valence-electron chi connectivity index (χ3n) is 11.4. The minimum absolute atomic E-state index is 0.355. The normalized spacial score (nSPS) is 16.6. The van der Waals surface area contributed by atoms with Crippen LogP contribution in [0.3, 0.4) is 0 Å². The average molecular weight is 712 g/mol. The fourth-order valence-corrected chi connectivity index (χ4v) is 27.9. The van der Waals surface area contributed by atoms with Crippen LogP contribution in [0.5, 0.6) is 0 Å². The Hall–Kier alpha value is -4.50. The molecular weight excluding hydrogens is 676 g/mol. The summed E-state index contributed by atoms with van der Waals surface area (Å²) in [6.45, 7) is 2.44. The van der Waals surface area contributed by atoms with Crippen molar-refractivity contribution in [2.75, 3.05) is 0 Å². The van der Waals surface area contributed by atoms with Crippen molar-refractivity contribution in [3.8, 4) is 33.9 Å². The second-order valence-electron chi connectivity index (χ2n) is 14.9. The summed E-state index contributed by atoms with van der Waals surface area (Å²) in [5.41, 5.74) is 16.7. The van der Waals surface area contributed by atoms with Gasteiger partial charge in [-0.25, -0.2) is 0 Å². The van der Waals surface area contributed by atoms with Crippen LogP contribution in [0.2, 0.25) is 9.26 Å². The molecule has 2 atom stereocenters. The van der Waals surface area contributed by atoms with Gasteiger partial charge in [0.1, 0.15) is 0 Å². The van der Waals surface area contributed by atoms with Crippen molar-refractivity contribution >= 4 is 28.7 Å². The Morgan fingerprint density at radius 3 is 1.23 bits per heavy atom. The van der Waals surface area contributed by atoms with Crippen LogP contribution >= 0.6 is 0 Å². The van der Waals surface area contributed by atoms with Gasteiger partial charge in [0, 0.05) is 0 Å². The standard InChI is InChI=1S/2C21H14N.2CH3.H2Si.Zr/c2*1-2-9-16(10-3-1)22-20-13-7-6-12-18(20)19-14-15-8-4-5-11-17(15)21(19)22;;;;/h2*1-14H;2*1H3;1H2;. The van der Waals surface area contributed by atoms with Gasteiger partial charge in [0.25, 0.3) is 0 Å². The minimum atomic E-state index is -4.05. The molecule has 2 aromatic heterocycles. The van der Waals surface area contributed by atoms with Crippen molar-refractivity contribution in [2.45, 2.75) is 16.5 Å². The van der Waals surface area contributed by atoms with Gasteiger partial charge in [-0.05, 0) is 0 Å². The van der Waals surface area contributed by atoms with Crippen molar-refractivity contribution in [1.29, 1.82) is 0 Å². The Morgan fingerprint density at radius 1 is 0.438 bits per heavy atom. The SMILES string of the molecule is [CH3][Zr]([CH3])(=[SiH2])([CH]1c2ccccc2-c2c1c1ccccc1n2-c1ccccc1)[CH]1c2ccccc2-c2c1c1ccccc1n2-c1ccccc1. The van der Waals surface area contributed by atoms with E-state index < -0.39 is 17.4 Å². The molecule has 2 unspecified atom stereocenters. The van der Waals surface area contributed by atoms with Crippen molar-refractivity contribution in [3.05, 3.63) is 180 Å². The fourth-order valence-electron chi connectivity index (χ4n) is 9.71. The molecule has 0 saturated carbocycles. The summed E-state index contributed by atoms with van der Waals surface area (Å²) in [5.74, 6) is 0. The second-order valence-corrected chi connectivity index (χ2v) is 45.4. The summed E-state index contributed by atoms with van der Waals surface area (Å²) < 4.78 is 11.4. The van der Waals surface area contributed by atoms with E-state index >= 15 is 0 Å². The first-order chi connectivity index (χ1) is 23.4. The summed E-state index contributed by atoms with van der Waals surface area (Å²) in [5, 5.41) is 2.79. The molecule has 10 rings (SSSR count). The molecule has 0 fully saturated rings. The van der Waals surface area contributed by atoms with E-state index in [0.717, 1.165) is 0 Å². The van der Waals surface area contributed by atoms with Gasteiger partial charge >= 0.3 is 286 Å². The van der Waals surface area contributed by atoms with E-state index in [1.165, 1.54) is 66.8 Å². The number of rotatable bonds is 4.